The van der Waals surface area contributed by atoms with Crippen LogP contribution in [0.25, 0.3) is 0 Å². The van der Waals surface area contributed by atoms with Crippen LogP contribution in [0.15, 0.2) is 4.99 Å². The molecule has 10 heavy (non-hydrogen) atoms. The average Bonchev–Trinajstić information content (AvgIpc) is 2.34. The van der Waals surface area contributed by atoms with Gasteiger partial charge < -0.3 is 5.32 Å². The number of aliphatic imine (C=N–C) groups is 1. The van der Waals surface area contributed by atoms with E-state index in [9.17, 15) is 4.79 Å². The fourth-order valence-corrected chi connectivity index (χ4v) is 0.901. The molecule has 1 N–H and O–H groups in total. The van der Waals surface area contributed by atoms with E-state index in [1.54, 1.807) is 11.9 Å². The molecule has 4 nitrogen and oxygen atoms in total. The Morgan fingerprint density at radius 2 is 2.50 bits per heavy atom. The Kier molecular flexibility index (Phi) is 1.89. The van der Waals surface area contributed by atoms with Crippen LogP contribution in [0.3, 0.4) is 0 Å². The third-order valence-corrected chi connectivity index (χ3v) is 1.57. The number of hydrogen-bond acceptors (Lipinski definition) is 2. The molecule has 4 heteroatoms. The number of carbonyl (C=O) groups is 1. The monoisotopic (exact) mass is 141 g/mol. The van der Waals surface area contributed by atoms with Crippen LogP contribution in [0.5, 0.6) is 0 Å². The van der Waals surface area contributed by atoms with Crippen LogP contribution in [-0.4, -0.2) is 36.9 Å². The lowest BCUT2D eigenvalue weighted by atomic mass is 10.5. The molecule has 0 bridgehead atoms. The van der Waals surface area contributed by atoms with Crippen molar-refractivity contribution >= 4 is 11.9 Å². The van der Waals surface area contributed by atoms with Crippen molar-refractivity contribution in [3.8, 4) is 0 Å². The second-order valence-electron chi connectivity index (χ2n) is 2.15. The Morgan fingerprint density at radius 3 is 2.90 bits per heavy atom. The van der Waals surface area contributed by atoms with E-state index in [0.717, 1.165) is 18.9 Å². The van der Waals surface area contributed by atoms with Gasteiger partial charge in [-0.1, -0.05) is 0 Å². The lowest BCUT2D eigenvalue weighted by Crippen LogP contribution is -2.32. The molecule has 1 saturated heterocycles. The van der Waals surface area contributed by atoms with Gasteiger partial charge in [0.05, 0.1) is 0 Å². The Labute approximate surface area is 59.9 Å². The second kappa shape index (κ2) is 2.68. The smallest absolute Gasteiger partial charge is 0.322 e. The highest BCUT2D eigenvalue weighted by Crippen LogP contribution is 1.97. The Hall–Kier alpha value is -1.06. The van der Waals surface area contributed by atoms with Crippen molar-refractivity contribution in [1.29, 1.82) is 0 Å². The normalized spacial score (nSPS) is 19.6. The van der Waals surface area contributed by atoms with E-state index in [4.69, 9.17) is 0 Å². The standard InChI is InChI=1S/C6H11N3O/c1-5(7-2)9-4-3-8-6(9)10/h3-4H2,1-2H3,(H,8,10). The zero-order valence-corrected chi connectivity index (χ0v) is 6.22. The molecular formula is C6H11N3O. The maximum atomic E-state index is 10.9. The third-order valence-electron chi connectivity index (χ3n) is 1.57. The van der Waals surface area contributed by atoms with E-state index in [1.807, 2.05) is 6.92 Å². The Balaban J connectivity index is 2.64. The van der Waals surface area contributed by atoms with Crippen molar-refractivity contribution in [2.24, 2.45) is 4.99 Å². The Morgan fingerprint density at radius 1 is 1.80 bits per heavy atom. The largest absolute Gasteiger partial charge is 0.336 e. The minimum atomic E-state index is -0.0388. The molecule has 0 atom stereocenters. The fraction of sp³-hybridized carbons (Fsp3) is 0.667. The summed E-state index contributed by atoms with van der Waals surface area (Å²) in [6.07, 6.45) is 0. The molecule has 0 radical (unpaired) electrons. The third kappa shape index (κ3) is 1.10. The molecule has 2 amide bonds. The van der Waals surface area contributed by atoms with Gasteiger partial charge in [-0.3, -0.25) is 9.89 Å². The summed E-state index contributed by atoms with van der Waals surface area (Å²) in [5.41, 5.74) is 0. The van der Waals surface area contributed by atoms with Gasteiger partial charge in [0.2, 0.25) is 0 Å². The van der Waals surface area contributed by atoms with Crippen molar-refractivity contribution in [3.05, 3.63) is 0 Å². The minimum absolute atomic E-state index is 0.0388. The predicted octanol–water partition coefficient (Wildman–Crippen LogP) is 0.0598. The van der Waals surface area contributed by atoms with Gasteiger partial charge in [-0.2, -0.15) is 0 Å². The molecule has 1 fully saturated rings. The molecule has 56 valence electrons. The topological polar surface area (TPSA) is 44.7 Å². The van der Waals surface area contributed by atoms with E-state index in [2.05, 4.69) is 10.3 Å². The Bertz CT molecular complexity index is 176. The second-order valence-corrected chi connectivity index (χ2v) is 2.15. The molecule has 0 aromatic rings. The maximum Gasteiger partial charge on any atom is 0.322 e. The van der Waals surface area contributed by atoms with Crippen LogP contribution in [0.2, 0.25) is 0 Å². The first-order valence-electron chi connectivity index (χ1n) is 3.24. The van der Waals surface area contributed by atoms with Gasteiger partial charge in [-0.15, -0.1) is 0 Å². The van der Waals surface area contributed by atoms with Gasteiger partial charge in [0.15, 0.2) is 0 Å². The van der Waals surface area contributed by atoms with Gasteiger partial charge >= 0.3 is 6.03 Å². The van der Waals surface area contributed by atoms with Crippen molar-refractivity contribution in [2.75, 3.05) is 20.1 Å². The molecular weight excluding hydrogens is 130 g/mol. The summed E-state index contributed by atoms with van der Waals surface area (Å²) >= 11 is 0. The van der Waals surface area contributed by atoms with Crippen molar-refractivity contribution in [3.63, 3.8) is 0 Å². The number of amides is 2. The lowest BCUT2D eigenvalue weighted by molar-refractivity contribution is 0.234. The van der Waals surface area contributed by atoms with Crippen LogP contribution >= 0.6 is 0 Å². The molecule has 1 aliphatic rings. The predicted molar refractivity (Wildman–Crippen MR) is 39.1 cm³/mol. The van der Waals surface area contributed by atoms with Crippen LogP contribution in [0, 0.1) is 0 Å². The van der Waals surface area contributed by atoms with Gasteiger partial charge in [-0.05, 0) is 6.92 Å². The SMILES string of the molecule is CN=C(C)N1CCNC1=O. The average molecular weight is 141 g/mol. The summed E-state index contributed by atoms with van der Waals surface area (Å²) in [6, 6.07) is -0.0388. The quantitative estimate of drug-likeness (QED) is 0.376. The van der Waals surface area contributed by atoms with Gasteiger partial charge in [0.1, 0.15) is 5.84 Å². The zero-order chi connectivity index (χ0) is 7.56. The number of nitrogens with one attached hydrogen (secondary N) is 1. The molecule has 0 spiro atoms. The maximum absolute atomic E-state index is 10.9. The van der Waals surface area contributed by atoms with Crippen molar-refractivity contribution in [1.82, 2.24) is 10.2 Å². The molecule has 0 unspecified atom stereocenters. The van der Waals surface area contributed by atoms with E-state index in [1.165, 1.54) is 0 Å². The van der Waals surface area contributed by atoms with Crippen LogP contribution < -0.4 is 5.32 Å². The van der Waals surface area contributed by atoms with Gasteiger partial charge in [0.25, 0.3) is 0 Å². The molecule has 0 aromatic carbocycles. The number of nitrogens with zero attached hydrogens (tertiary/aromatic N) is 2. The molecule has 0 aliphatic carbocycles. The lowest BCUT2D eigenvalue weighted by Gasteiger charge is -2.11. The van der Waals surface area contributed by atoms with E-state index in [-0.39, 0.29) is 6.03 Å². The first-order valence-corrected chi connectivity index (χ1v) is 3.24. The summed E-state index contributed by atoms with van der Waals surface area (Å²) in [6.45, 7) is 3.29. The minimum Gasteiger partial charge on any atom is -0.336 e. The number of carbonyl (C=O) groups excluding carboxylic acids is 1. The highest BCUT2D eigenvalue weighted by molar-refractivity contribution is 5.97. The first-order chi connectivity index (χ1) is 4.75. The molecule has 1 heterocycles. The number of rotatable bonds is 0. The highest BCUT2D eigenvalue weighted by Gasteiger charge is 2.20. The van der Waals surface area contributed by atoms with Crippen molar-refractivity contribution < 1.29 is 4.79 Å². The molecule has 1 rings (SSSR count). The molecule has 1 aliphatic heterocycles. The number of amidine groups is 1. The summed E-state index contributed by atoms with van der Waals surface area (Å²) < 4.78 is 0. The summed E-state index contributed by atoms with van der Waals surface area (Å²) in [5, 5.41) is 2.69. The van der Waals surface area contributed by atoms with Crippen molar-refractivity contribution in [2.45, 2.75) is 6.92 Å². The summed E-state index contributed by atoms with van der Waals surface area (Å²) in [4.78, 5) is 16.4. The van der Waals surface area contributed by atoms with Crippen LogP contribution in [0.1, 0.15) is 6.92 Å². The van der Waals surface area contributed by atoms with Crippen LogP contribution in [-0.2, 0) is 0 Å². The first kappa shape index (κ1) is 7.05. The van der Waals surface area contributed by atoms with E-state index >= 15 is 0 Å². The fourth-order valence-electron chi connectivity index (χ4n) is 0.901. The van der Waals surface area contributed by atoms with E-state index < -0.39 is 0 Å². The molecule has 0 aromatic heterocycles. The highest BCUT2D eigenvalue weighted by atomic mass is 16.2. The molecule has 0 saturated carbocycles. The summed E-state index contributed by atoms with van der Waals surface area (Å²) in [5.74, 6) is 0.773. The summed E-state index contributed by atoms with van der Waals surface area (Å²) in [7, 11) is 1.68. The van der Waals surface area contributed by atoms with Gasteiger partial charge in [-0.25, -0.2) is 4.79 Å². The van der Waals surface area contributed by atoms with Gasteiger partial charge in [0, 0.05) is 20.1 Å². The zero-order valence-electron chi connectivity index (χ0n) is 6.22. The van der Waals surface area contributed by atoms with E-state index in [0.29, 0.717) is 0 Å². The number of urea groups is 1. The number of hydrogen-bond donors (Lipinski definition) is 1. The van der Waals surface area contributed by atoms with Crippen LogP contribution in [0.4, 0.5) is 4.79 Å².